The van der Waals surface area contributed by atoms with Gasteiger partial charge in [-0.3, -0.25) is 14.6 Å². The van der Waals surface area contributed by atoms with Crippen LogP contribution in [0.5, 0.6) is 0 Å². The molecule has 1 aliphatic carbocycles. The first-order valence-corrected chi connectivity index (χ1v) is 10.3. The van der Waals surface area contributed by atoms with Gasteiger partial charge in [-0.1, -0.05) is 0 Å². The highest BCUT2D eigenvalue weighted by molar-refractivity contribution is 5.85. The average molecular weight is 381 g/mol. The van der Waals surface area contributed by atoms with Crippen molar-refractivity contribution in [2.24, 2.45) is 4.99 Å². The van der Waals surface area contributed by atoms with E-state index in [1.54, 1.807) is 19.0 Å². The first-order valence-electron chi connectivity index (χ1n) is 10.3. The second kappa shape index (κ2) is 9.71. The number of amides is 1. The molecule has 0 aromatic rings. The zero-order valence-corrected chi connectivity index (χ0v) is 17.1. The van der Waals surface area contributed by atoms with Crippen LogP contribution in [0.4, 0.5) is 0 Å². The van der Waals surface area contributed by atoms with Gasteiger partial charge in [0.05, 0.1) is 13.2 Å². The van der Waals surface area contributed by atoms with Crippen LogP contribution in [-0.4, -0.2) is 111 Å². The highest BCUT2D eigenvalue weighted by Crippen LogP contribution is 2.33. The molecule has 1 saturated carbocycles. The molecule has 8 nitrogen and oxygen atoms in total. The summed E-state index contributed by atoms with van der Waals surface area (Å²) >= 11 is 0. The van der Waals surface area contributed by atoms with E-state index in [1.807, 2.05) is 0 Å². The van der Waals surface area contributed by atoms with Gasteiger partial charge >= 0.3 is 0 Å². The third-order valence-electron chi connectivity index (χ3n) is 5.68. The molecule has 0 aromatic carbocycles. The molecule has 3 rings (SSSR count). The van der Waals surface area contributed by atoms with E-state index in [-0.39, 0.29) is 12.5 Å². The van der Waals surface area contributed by atoms with Gasteiger partial charge in [0.1, 0.15) is 6.54 Å². The molecule has 2 unspecified atom stereocenters. The summed E-state index contributed by atoms with van der Waals surface area (Å²) in [6, 6.07) is 1.80. The lowest BCUT2D eigenvalue weighted by Gasteiger charge is -2.27. The van der Waals surface area contributed by atoms with E-state index < -0.39 is 0 Å². The summed E-state index contributed by atoms with van der Waals surface area (Å²) in [6.45, 7) is 8.93. The highest BCUT2D eigenvalue weighted by atomic mass is 16.5. The third-order valence-corrected chi connectivity index (χ3v) is 5.68. The van der Waals surface area contributed by atoms with Crippen molar-refractivity contribution in [2.75, 3.05) is 66.6 Å². The van der Waals surface area contributed by atoms with Crippen LogP contribution in [0.25, 0.3) is 0 Å². The molecular weight excluding hydrogens is 344 g/mol. The van der Waals surface area contributed by atoms with E-state index in [9.17, 15) is 4.79 Å². The highest BCUT2D eigenvalue weighted by Gasteiger charge is 2.38. The third kappa shape index (κ3) is 6.33. The van der Waals surface area contributed by atoms with E-state index in [0.717, 1.165) is 64.4 Å². The molecule has 1 amide bonds. The molecule has 3 aliphatic rings. The Morgan fingerprint density at radius 3 is 2.67 bits per heavy atom. The molecule has 27 heavy (non-hydrogen) atoms. The monoisotopic (exact) mass is 380 g/mol. The second-order valence-corrected chi connectivity index (χ2v) is 8.19. The smallest absolute Gasteiger partial charge is 0.243 e. The Hall–Kier alpha value is -1.38. The van der Waals surface area contributed by atoms with E-state index in [0.29, 0.717) is 12.1 Å². The lowest BCUT2D eigenvalue weighted by atomic mass is 10.2. The predicted molar refractivity (Wildman–Crippen MR) is 107 cm³/mol. The van der Waals surface area contributed by atoms with Crippen LogP contribution in [-0.2, 0) is 9.53 Å². The molecule has 2 N–H and O–H groups in total. The zero-order valence-electron chi connectivity index (χ0n) is 17.1. The van der Waals surface area contributed by atoms with Gasteiger partial charge in [0.15, 0.2) is 5.96 Å². The molecule has 2 saturated heterocycles. The predicted octanol–water partition coefficient (Wildman–Crippen LogP) is -0.433. The summed E-state index contributed by atoms with van der Waals surface area (Å²) in [6.07, 6.45) is 3.81. The minimum absolute atomic E-state index is 0.0173. The molecule has 2 heterocycles. The van der Waals surface area contributed by atoms with Gasteiger partial charge in [0, 0.05) is 64.9 Å². The van der Waals surface area contributed by atoms with Gasteiger partial charge in [-0.2, -0.15) is 0 Å². The Morgan fingerprint density at radius 1 is 1.26 bits per heavy atom. The van der Waals surface area contributed by atoms with Crippen LogP contribution in [0.3, 0.4) is 0 Å². The largest absolute Gasteiger partial charge is 0.379 e. The fourth-order valence-electron chi connectivity index (χ4n) is 3.87. The summed E-state index contributed by atoms with van der Waals surface area (Å²) in [4.78, 5) is 23.1. The van der Waals surface area contributed by atoms with Crippen molar-refractivity contribution in [2.45, 2.75) is 44.3 Å². The van der Waals surface area contributed by atoms with Crippen molar-refractivity contribution in [1.82, 2.24) is 25.3 Å². The Kier molecular flexibility index (Phi) is 7.32. The van der Waals surface area contributed by atoms with Gasteiger partial charge in [-0.25, -0.2) is 4.99 Å². The zero-order chi connectivity index (χ0) is 19.2. The van der Waals surface area contributed by atoms with Crippen LogP contribution in [0.2, 0.25) is 0 Å². The quantitative estimate of drug-likeness (QED) is 0.461. The first-order chi connectivity index (χ1) is 13.0. The summed E-state index contributed by atoms with van der Waals surface area (Å²) in [5.41, 5.74) is 0. The number of carbonyl (C=O) groups excluding carboxylic acids is 1. The Bertz CT molecular complexity index is 516. The van der Waals surface area contributed by atoms with Crippen molar-refractivity contribution in [3.8, 4) is 0 Å². The number of carbonyl (C=O) groups is 1. The number of hydrogen-bond donors (Lipinski definition) is 2. The fraction of sp³-hybridized carbons (Fsp3) is 0.895. The molecular formula is C19H36N6O2. The van der Waals surface area contributed by atoms with Crippen LogP contribution in [0.15, 0.2) is 4.99 Å². The summed E-state index contributed by atoms with van der Waals surface area (Å²) in [5.74, 6) is 0.775. The van der Waals surface area contributed by atoms with Crippen molar-refractivity contribution in [3.05, 3.63) is 0 Å². The Balaban J connectivity index is 1.50. The summed E-state index contributed by atoms with van der Waals surface area (Å²) < 4.78 is 5.40. The van der Waals surface area contributed by atoms with E-state index in [4.69, 9.17) is 4.74 Å². The molecule has 0 radical (unpaired) electrons. The maximum atomic E-state index is 11.9. The number of likely N-dealkylation sites (N-methyl/N-ethyl adjacent to an activating group) is 1. The van der Waals surface area contributed by atoms with Crippen LogP contribution in [0, 0.1) is 0 Å². The number of nitrogens with one attached hydrogen (secondary N) is 2. The molecule has 2 aliphatic heterocycles. The van der Waals surface area contributed by atoms with Crippen LogP contribution >= 0.6 is 0 Å². The Morgan fingerprint density at radius 2 is 2.00 bits per heavy atom. The minimum atomic E-state index is 0.0173. The van der Waals surface area contributed by atoms with Crippen molar-refractivity contribution in [3.63, 3.8) is 0 Å². The molecule has 154 valence electrons. The number of guanidine groups is 1. The van der Waals surface area contributed by atoms with Crippen LogP contribution < -0.4 is 10.6 Å². The number of hydrogen-bond acceptors (Lipinski definition) is 5. The van der Waals surface area contributed by atoms with Gasteiger partial charge in [-0.05, 0) is 26.2 Å². The molecule has 2 atom stereocenters. The van der Waals surface area contributed by atoms with Gasteiger partial charge in [0.25, 0.3) is 0 Å². The Labute approximate surface area is 163 Å². The average Bonchev–Trinajstić information content (AvgIpc) is 3.43. The van der Waals surface area contributed by atoms with Gasteiger partial charge in [-0.15, -0.1) is 0 Å². The summed E-state index contributed by atoms with van der Waals surface area (Å²) in [5, 5.41) is 7.00. The standard InChI is InChI=1S/C19H36N6O2/c1-15-12-16(14-25(15)17-4-5-17)22-19(21-13-18(26)23(2)3)20-6-7-24-8-10-27-11-9-24/h15-17H,4-14H2,1-3H3,(H2,20,21,22). The number of ether oxygens (including phenoxy) is 1. The minimum Gasteiger partial charge on any atom is -0.379 e. The number of aliphatic imine (C=N–C) groups is 1. The SMILES string of the molecule is CC1CC(NC(=NCC(=O)N(C)C)NCCN2CCOCC2)CN1C1CC1. The molecule has 0 aromatic heterocycles. The number of rotatable bonds is 7. The lowest BCUT2D eigenvalue weighted by Crippen LogP contribution is -2.48. The maximum absolute atomic E-state index is 11.9. The van der Waals surface area contributed by atoms with Crippen molar-refractivity contribution in [1.29, 1.82) is 0 Å². The molecule has 0 bridgehead atoms. The normalized spacial score (nSPS) is 27.6. The number of likely N-dealkylation sites (tertiary alicyclic amines) is 1. The second-order valence-electron chi connectivity index (χ2n) is 8.19. The van der Waals surface area contributed by atoms with Crippen molar-refractivity contribution < 1.29 is 9.53 Å². The maximum Gasteiger partial charge on any atom is 0.243 e. The fourth-order valence-corrected chi connectivity index (χ4v) is 3.87. The van der Waals surface area contributed by atoms with Crippen LogP contribution in [0.1, 0.15) is 26.2 Å². The number of nitrogens with zero attached hydrogens (tertiary/aromatic N) is 4. The summed E-state index contributed by atoms with van der Waals surface area (Å²) in [7, 11) is 3.53. The van der Waals surface area contributed by atoms with Crippen molar-refractivity contribution >= 4 is 11.9 Å². The van der Waals surface area contributed by atoms with E-state index >= 15 is 0 Å². The first kappa shape index (κ1) is 20.4. The van der Waals surface area contributed by atoms with E-state index in [1.165, 1.54) is 12.8 Å². The number of morpholine rings is 1. The molecule has 3 fully saturated rings. The van der Waals surface area contributed by atoms with Gasteiger partial charge < -0.3 is 20.3 Å². The lowest BCUT2D eigenvalue weighted by molar-refractivity contribution is -0.127. The molecule has 0 spiro atoms. The van der Waals surface area contributed by atoms with E-state index in [2.05, 4.69) is 32.3 Å². The topological polar surface area (TPSA) is 72.4 Å². The van der Waals surface area contributed by atoms with Gasteiger partial charge in [0.2, 0.25) is 5.91 Å². The molecule has 8 heteroatoms.